The zero-order valence-electron chi connectivity index (χ0n) is 11.9. The standard InChI is InChI=1S/C18H16N2O/c1-18(14-8-4-2-5-9-14,15-10-6-3-7-11-15)17-12-16(13-19)21-20-17/h2-11,16H,12H2,1H3. The first-order chi connectivity index (χ1) is 10.2. The summed E-state index contributed by atoms with van der Waals surface area (Å²) in [6.45, 7) is 2.14. The normalized spacial score (nSPS) is 17.7. The molecule has 0 N–H and O–H groups in total. The van der Waals surface area contributed by atoms with Gasteiger partial charge >= 0.3 is 0 Å². The average molecular weight is 276 g/mol. The largest absolute Gasteiger partial charge is 0.377 e. The van der Waals surface area contributed by atoms with Crippen molar-refractivity contribution in [1.29, 1.82) is 5.26 Å². The number of rotatable bonds is 3. The molecule has 0 radical (unpaired) electrons. The summed E-state index contributed by atoms with van der Waals surface area (Å²) in [6, 6.07) is 22.6. The molecule has 0 fully saturated rings. The zero-order chi connectivity index (χ0) is 14.7. The maximum Gasteiger partial charge on any atom is 0.217 e. The van der Waals surface area contributed by atoms with Crippen molar-refractivity contribution in [3.05, 3.63) is 71.8 Å². The summed E-state index contributed by atoms with van der Waals surface area (Å²) < 4.78 is 0. The van der Waals surface area contributed by atoms with Crippen molar-refractivity contribution >= 4 is 5.71 Å². The van der Waals surface area contributed by atoms with Gasteiger partial charge in [0.1, 0.15) is 6.07 Å². The third-order valence-electron chi connectivity index (χ3n) is 4.09. The van der Waals surface area contributed by atoms with Gasteiger partial charge in [-0.1, -0.05) is 65.8 Å². The van der Waals surface area contributed by atoms with Gasteiger partial charge in [0.2, 0.25) is 6.10 Å². The van der Waals surface area contributed by atoms with E-state index in [0.717, 1.165) is 16.8 Å². The maximum atomic E-state index is 9.04. The summed E-state index contributed by atoms with van der Waals surface area (Å²) in [6.07, 6.45) is 0.0586. The summed E-state index contributed by atoms with van der Waals surface area (Å²) in [7, 11) is 0. The molecule has 0 aromatic heterocycles. The SMILES string of the molecule is CC(C1=NOC(C#N)C1)(c1ccccc1)c1ccccc1. The second kappa shape index (κ2) is 5.41. The van der Waals surface area contributed by atoms with E-state index in [1.807, 2.05) is 36.4 Å². The summed E-state index contributed by atoms with van der Waals surface area (Å²) in [4.78, 5) is 5.23. The number of benzene rings is 2. The number of nitrogens with zero attached hydrogens (tertiary/aromatic N) is 2. The maximum absolute atomic E-state index is 9.04. The van der Waals surface area contributed by atoms with E-state index in [2.05, 4.69) is 42.4 Å². The van der Waals surface area contributed by atoms with E-state index >= 15 is 0 Å². The van der Waals surface area contributed by atoms with Gasteiger partial charge < -0.3 is 4.84 Å². The molecule has 104 valence electrons. The van der Waals surface area contributed by atoms with Crippen molar-refractivity contribution in [3.8, 4) is 6.07 Å². The molecule has 0 spiro atoms. The van der Waals surface area contributed by atoms with Gasteiger partial charge in [-0.05, 0) is 18.1 Å². The Kier molecular flexibility index (Phi) is 3.45. The molecular weight excluding hydrogens is 260 g/mol. The molecule has 21 heavy (non-hydrogen) atoms. The van der Waals surface area contributed by atoms with Gasteiger partial charge in [-0.25, -0.2) is 0 Å². The molecule has 1 atom stereocenters. The van der Waals surface area contributed by atoms with E-state index in [4.69, 9.17) is 10.1 Å². The first-order valence-corrected chi connectivity index (χ1v) is 6.99. The van der Waals surface area contributed by atoms with Gasteiger partial charge in [0.25, 0.3) is 0 Å². The van der Waals surface area contributed by atoms with Gasteiger partial charge in [0.05, 0.1) is 11.1 Å². The van der Waals surface area contributed by atoms with Crippen molar-refractivity contribution in [2.45, 2.75) is 24.9 Å². The molecular formula is C18H16N2O. The lowest BCUT2D eigenvalue weighted by atomic mass is 9.71. The highest BCUT2D eigenvalue weighted by Crippen LogP contribution is 2.37. The molecule has 1 aliphatic rings. The van der Waals surface area contributed by atoms with E-state index in [1.54, 1.807) is 0 Å². The predicted octanol–water partition coefficient (Wildman–Crippen LogP) is 3.66. The monoisotopic (exact) mass is 276 g/mol. The predicted molar refractivity (Wildman–Crippen MR) is 81.9 cm³/mol. The average Bonchev–Trinajstić information content (AvgIpc) is 3.05. The second-order valence-electron chi connectivity index (χ2n) is 5.32. The van der Waals surface area contributed by atoms with Crippen LogP contribution in [0.4, 0.5) is 0 Å². The molecule has 2 aromatic rings. The van der Waals surface area contributed by atoms with E-state index in [0.29, 0.717) is 6.42 Å². The van der Waals surface area contributed by atoms with Gasteiger partial charge in [0, 0.05) is 6.42 Å². The lowest BCUT2D eigenvalue weighted by molar-refractivity contribution is 0.125. The molecule has 0 aliphatic carbocycles. The van der Waals surface area contributed by atoms with Gasteiger partial charge in [-0.2, -0.15) is 5.26 Å². The summed E-state index contributed by atoms with van der Waals surface area (Å²) in [5.74, 6) is 0. The van der Waals surface area contributed by atoms with Crippen LogP contribution in [0, 0.1) is 11.3 Å². The lowest BCUT2D eigenvalue weighted by Gasteiger charge is -2.30. The van der Waals surface area contributed by atoms with Crippen molar-refractivity contribution in [2.24, 2.45) is 5.16 Å². The molecule has 0 saturated heterocycles. The second-order valence-corrected chi connectivity index (χ2v) is 5.32. The fraction of sp³-hybridized carbons (Fsp3) is 0.222. The van der Waals surface area contributed by atoms with Crippen LogP contribution in [-0.4, -0.2) is 11.8 Å². The number of hydrogen-bond acceptors (Lipinski definition) is 3. The third-order valence-corrected chi connectivity index (χ3v) is 4.09. The third kappa shape index (κ3) is 2.30. The molecule has 3 rings (SSSR count). The molecule has 1 heterocycles. The van der Waals surface area contributed by atoms with Crippen LogP contribution in [0.1, 0.15) is 24.5 Å². The number of oxime groups is 1. The van der Waals surface area contributed by atoms with Crippen LogP contribution in [0.25, 0.3) is 0 Å². The number of hydrogen-bond donors (Lipinski definition) is 0. The van der Waals surface area contributed by atoms with E-state index in [1.165, 1.54) is 0 Å². The van der Waals surface area contributed by atoms with Gasteiger partial charge in [-0.3, -0.25) is 0 Å². The molecule has 3 nitrogen and oxygen atoms in total. The highest BCUT2D eigenvalue weighted by molar-refractivity contribution is 5.98. The Labute approximate surface area is 124 Å². The van der Waals surface area contributed by atoms with Crippen LogP contribution < -0.4 is 0 Å². The van der Waals surface area contributed by atoms with Gasteiger partial charge in [0.15, 0.2) is 0 Å². The molecule has 2 aromatic carbocycles. The van der Waals surface area contributed by atoms with Crippen LogP contribution in [0.15, 0.2) is 65.8 Å². The molecule has 0 amide bonds. The first kappa shape index (κ1) is 13.4. The molecule has 1 unspecified atom stereocenters. The molecule has 0 bridgehead atoms. The van der Waals surface area contributed by atoms with Crippen molar-refractivity contribution < 1.29 is 4.84 Å². The van der Waals surface area contributed by atoms with E-state index in [9.17, 15) is 0 Å². The Morgan fingerprint density at radius 3 is 2.00 bits per heavy atom. The highest BCUT2D eigenvalue weighted by atomic mass is 16.6. The first-order valence-electron chi connectivity index (χ1n) is 6.99. The van der Waals surface area contributed by atoms with Crippen molar-refractivity contribution in [2.75, 3.05) is 0 Å². The van der Waals surface area contributed by atoms with Crippen LogP contribution >= 0.6 is 0 Å². The van der Waals surface area contributed by atoms with Crippen molar-refractivity contribution in [1.82, 2.24) is 0 Å². The van der Waals surface area contributed by atoms with Crippen LogP contribution in [0.5, 0.6) is 0 Å². The van der Waals surface area contributed by atoms with Crippen LogP contribution in [0.3, 0.4) is 0 Å². The molecule has 3 heteroatoms. The Bertz CT molecular complexity index is 647. The van der Waals surface area contributed by atoms with Crippen molar-refractivity contribution in [3.63, 3.8) is 0 Å². The van der Waals surface area contributed by atoms with E-state index in [-0.39, 0.29) is 5.41 Å². The van der Waals surface area contributed by atoms with Gasteiger partial charge in [-0.15, -0.1) is 0 Å². The molecule has 1 aliphatic heterocycles. The minimum absolute atomic E-state index is 0.381. The Morgan fingerprint density at radius 1 is 1.05 bits per heavy atom. The fourth-order valence-corrected chi connectivity index (χ4v) is 2.78. The zero-order valence-corrected chi connectivity index (χ0v) is 11.9. The minimum Gasteiger partial charge on any atom is -0.377 e. The summed E-state index contributed by atoms with van der Waals surface area (Å²) >= 11 is 0. The fourth-order valence-electron chi connectivity index (χ4n) is 2.78. The smallest absolute Gasteiger partial charge is 0.217 e. The Balaban J connectivity index is 2.11. The summed E-state index contributed by atoms with van der Waals surface area (Å²) in [5.41, 5.74) is 2.81. The minimum atomic E-state index is -0.480. The summed E-state index contributed by atoms with van der Waals surface area (Å²) in [5, 5.41) is 13.2. The van der Waals surface area contributed by atoms with E-state index < -0.39 is 6.10 Å². The Morgan fingerprint density at radius 2 is 1.57 bits per heavy atom. The topological polar surface area (TPSA) is 45.4 Å². The highest BCUT2D eigenvalue weighted by Gasteiger charge is 2.39. The number of nitriles is 1. The quantitative estimate of drug-likeness (QED) is 0.858. The molecule has 0 saturated carbocycles. The van der Waals surface area contributed by atoms with Crippen LogP contribution in [-0.2, 0) is 10.3 Å². The lowest BCUT2D eigenvalue weighted by Crippen LogP contribution is -2.33. The Hall–Kier alpha value is -2.60. The van der Waals surface area contributed by atoms with Crippen LogP contribution in [0.2, 0.25) is 0 Å².